The fourth-order valence-electron chi connectivity index (χ4n) is 3.69. The van der Waals surface area contributed by atoms with E-state index in [2.05, 4.69) is 5.32 Å². The first kappa shape index (κ1) is 24.0. The zero-order valence-electron chi connectivity index (χ0n) is 18.8. The number of esters is 1. The molecule has 0 radical (unpaired) electrons. The number of amides is 1. The van der Waals surface area contributed by atoms with Crippen LogP contribution >= 0.6 is 0 Å². The summed E-state index contributed by atoms with van der Waals surface area (Å²) in [7, 11) is -3.69. The number of hydrogen-bond donors (Lipinski definition) is 1. The van der Waals surface area contributed by atoms with Crippen LogP contribution < -0.4 is 5.32 Å². The molecule has 1 aliphatic heterocycles. The van der Waals surface area contributed by atoms with Crippen LogP contribution in [0.25, 0.3) is 0 Å². The summed E-state index contributed by atoms with van der Waals surface area (Å²) in [5, 5.41) is 2.63. The van der Waals surface area contributed by atoms with Crippen LogP contribution in [0, 0.1) is 13.8 Å². The minimum absolute atomic E-state index is 0.0776. The number of morpholine rings is 1. The van der Waals surface area contributed by atoms with Crippen molar-refractivity contribution in [1.82, 2.24) is 8.87 Å². The van der Waals surface area contributed by atoms with Crippen molar-refractivity contribution < 1.29 is 27.5 Å². The SMILES string of the molecule is CCn1c(C)cc(C(=O)OC(C)C(=O)Nc2cccc(S(=O)(=O)N3CCOCC3)c2)c1C. The third-order valence-corrected chi connectivity index (χ3v) is 7.37. The van der Waals surface area contributed by atoms with E-state index in [1.807, 2.05) is 25.3 Å². The molecule has 1 aliphatic rings. The standard InChI is InChI=1S/C22H29N3O6S/c1-5-25-15(2)13-20(16(25)3)22(27)31-17(4)21(26)23-18-7-6-8-19(14-18)32(28,29)24-9-11-30-12-10-24/h6-8,13-14,17H,5,9-12H2,1-4H3,(H,23,26). The summed E-state index contributed by atoms with van der Waals surface area (Å²) in [6, 6.07) is 7.75. The molecule has 3 rings (SSSR count). The molecule has 1 saturated heterocycles. The maximum absolute atomic E-state index is 12.8. The van der Waals surface area contributed by atoms with Gasteiger partial charge in [0.25, 0.3) is 5.91 Å². The molecule has 1 atom stereocenters. The lowest BCUT2D eigenvalue weighted by Crippen LogP contribution is -2.40. The smallest absolute Gasteiger partial charge is 0.340 e. The number of sulfonamides is 1. The second kappa shape index (κ2) is 9.85. The average molecular weight is 464 g/mol. The van der Waals surface area contributed by atoms with Gasteiger partial charge in [-0.15, -0.1) is 0 Å². The molecule has 2 aromatic rings. The Labute approximate surface area is 188 Å². The Bertz CT molecular complexity index is 1100. The molecule has 1 unspecified atom stereocenters. The lowest BCUT2D eigenvalue weighted by molar-refractivity contribution is -0.123. The number of aryl methyl sites for hydroxylation is 1. The Kier molecular flexibility index (Phi) is 7.37. The van der Waals surface area contributed by atoms with Crippen LogP contribution in [0.15, 0.2) is 35.2 Å². The third-order valence-electron chi connectivity index (χ3n) is 5.47. The van der Waals surface area contributed by atoms with Gasteiger partial charge in [0, 0.05) is 36.7 Å². The van der Waals surface area contributed by atoms with E-state index in [-0.39, 0.29) is 18.0 Å². The zero-order valence-corrected chi connectivity index (χ0v) is 19.6. The van der Waals surface area contributed by atoms with Crippen LogP contribution in [0.3, 0.4) is 0 Å². The fraction of sp³-hybridized carbons (Fsp3) is 0.455. The first-order chi connectivity index (χ1) is 15.1. The second-order valence-corrected chi connectivity index (χ2v) is 9.55. The predicted molar refractivity (Wildman–Crippen MR) is 119 cm³/mol. The predicted octanol–water partition coefficient (Wildman–Crippen LogP) is 2.33. The van der Waals surface area contributed by atoms with Gasteiger partial charge in [-0.3, -0.25) is 4.79 Å². The Morgan fingerprint density at radius 2 is 1.88 bits per heavy atom. The summed E-state index contributed by atoms with van der Waals surface area (Å²) in [4.78, 5) is 25.2. The number of aromatic nitrogens is 1. The van der Waals surface area contributed by atoms with Gasteiger partial charge in [-0.25, -0.2) is 13.2 Å². The Hall–Kier alpha value is -2.69. The summed E-state index contributed by atoms with van der Waals surface area (Å²) < 4.78 is 39.6. The minimum atomic E-state index is -3.69. The average Bonchev–Trinajstić information content (AvgIpc) is 3.07. The van der Waals surface area contributed by atoms with E-state index in [1.165, 1.54) is 23.4 Å². The minimum Gasteiger partial charge on any atom is -0.449 e. The fourth-order valence-corrected chi connectivity index (χ4v) is 5.14. The number of nitrogens with zero attached hydrogens (tertiary/aromatic N) is 2. The summed E-state index contributed by atoms with van der Waals surface area (Å²) >= 11 is 0. The molecular formula is C22H29N3O6S. The summed E-state index contributed by atoms with van der Waals surface area (Å²) in [6.45, 7) is 9.18. The van der Waals surface area contributed by atoms with Crippen LogP contribution in [0.2, 0.25) is 0 Å². The normalized spacial score (nSPS) is 15.9. The molecule has 2 heterocycles. The number of anilines is 1. The summed E-state index contributed by atoms with van der Waals surface area (Å²) in [6.07, 6.45) is -1.06. The van der Waals surface area contributed by atoms with E-state index in [1.54, 1.807) is 18.2 Å². The van der Waals surface area contributed by atoms with Crippen molar-refractivity contribution in [2.75, 3.05) is 31.6 Å². The van der Waals surface area contributed by atoms with Crippen LogP contribution in [0.5, 0.6) is 0 Å². The van der Waals surface area contributed by atoms with Crippen molar-refractivity contribution in [3.8, 4) is 0 Å². The molecule has 1 aromatic heterocycles. The van der Waals surface area contributed by atoms with E-state index < -0.39 is 28.0 Å². The summed E-state index contributed by atoms with van der Waals surface area (Å²) in [5.41, 5.74) is 2.44. The maximum Gasteiger partial charge on any atom is 0.340 e. The number of ether oxygens (including phenoxy) is 2. The van der Waals surface area contributed by atoms with Gasteiger partial charge in [-0.2, -0.15) is 4.31 Å². The highest BCUT2D eigenvalue weighted by Crippen LogP contribution is 2.21. The number of nitrogens with one attached hydrogen (secondary N) is 1. The van der Waals surface area contributed by atoms with E-state index in [0.29, 0.717) is 24.5 Å². The second-order valence-electron chi connectivity index (χ2n) is 7.61. The molecule has 1 aromatic carbocycles. The molecule has 9 nitrogen and oxygen atoms in total. The molecular weight excluding hydrogens is 434 g/mol. The third kappa shape index (κ3) is 5.03. The van der Waals surface area contributed by atoms with Crippen LogP contribution in [-0.2, 0) is 30.8 Å². The number of rotatable bonds is 7. The molecule has 1 N–H and O–H groups in total. The largest absolute Gasteiger partial charge is 0.449 e. The van der Waals surface area contributed by atoms with E-state index in [9.17, 15) is 18.0 Å². The topological polar surface area (TPSA) is 107 Å². The van der Waals surface area contributed by atoms with Crippen molar-refractivity contribution in [2.24, 2.45) is 0 Å². The molecule has 1 amide bonds. The zero-order chi connectivity index (χ0) is 23.5. The molecule has 10 heteroatoms. The van der Waals surface area contributed by atoms with Gasteiger partial charge >= 0.3 is 5.97 Å². The highest BCUT2D eigenvalue weighted by atomic mass is 32.2. The Morgan fingerprint density at radius 3 is 2.50 bits per heavy atom. The van der Waals surface area contributed by atoms with Gasteiger partial charge in [-0.1, -0.05) is 6.07 Å². The highest BCUT2D eigenvalue weighted by molar-refractivity contribution is 7.89. The van der Waals surface area contributed by atoms with E-state index >= 15 is 0 Å². The number of benzene rings is 1. The summed E-state index contributed by atoms with van der Waals surface area (Å²) in [5.74, 6) is -1.13. The maximum atomic E-state index is 12.8. The van der Waals surface area contributed by atoms with Crippen molar-refractivity contribution in [3.05, 3.63) is 47.3 Å². The van der Waals surface area contributed by atoms with Crippen molar-refractivity contribution in [2.45, 2.75) is 45.2 Å². The van der Waals surface area contributed by atoms with Gasteiger partial charge in [0.15, 0.2) is 6.10 Å². The molecule has 174 valence electrons. The molecule has 0 saturated carbocycles. The van der Waals surface area contributed by atoms with Gasteiger partial charge in [0.2, 0.25) is 10.0 Å². The van der Waals surface area contributed by atoms with Gasteiger partial charge in [0.1, 0.15) is 0 Å². The molecule has 0 bridgehead atoms. The number of carbonyl (C=O) groups is 2. The first-order valence-electron chi connectivity index (χ1n) is 10.5. The monoisotopic (exact) mass is 463 g/mol. The van der Waals surface area contributed by atoms with E-state index in [0.717, 1.165) is 17.9 Å². The van der Waals surface area contributed by atoms with Crippen LogP contribution in [-0.4, -0.2) is 61.6 Å². The lowest BCUT2D eigenvalue weighted by atomic mass is 10.2. The Balaban J connectivity index is 1.68. The lowest BCUT2D eigenvalue weighted by Gasteiger charge is -2.26. The molecule has 32 heavy (non-hydrogen) atoms. The first-order valence-corrected chi connectivity index (χ1v) is 12.0. The molecule has 0 spiro atoms. The van der Waals surface area contributed by atoms with Crippen LogP contribution in [0.1, 0.15) is 35.6 Å². The molecule has 0 aliphatic carbocycles. The van der Waals surface area contributed by atoms with Crippen LogP contribution in [0.4, 0.5) is 5.69 Å². The number of carbonyl (C=O) groups excluding carboxylic acids is 2. The van der Waals surface area contributed by atoms with Crippen molar-refractivity contribution in [3.63, 3.8) is 0 Å². The van der Waals surface area contributed by atoms with Crippen molar-refractivity contribution >= 4 is 27.6 Å². The van der Waals surface area contributed by atoms with Crippen molar-refractivity contribution in [1.29, 1.82) is 0 Å². The highest BCUT2D eigenvalue weighted by Gasteiger charge is 2.27. The molecule has 1 fully saturated rings. The van der Waals surface area contributed by atoms with Gasteiger partial charge in [-0.05, 0) is 52.0 Å². The van der Waals surface area contributed by atoms with Gasteiger partial charge in [0.05, 0.1) is 23.7 Å². The Morgan fingerprint density at radius 1 is 1.19 bits per heavy atom. The quantitative estimate of drug-likeness (QED) is 0.632. The number of hydrogen-bond acceptors (Lipinski definition) is 6. The van der Waals surface area contributed by atoms with E-state index in [4.69, 9.17) is 9.47 Å². The van der Waals surface area contributed by atoms with Gasteiger partial charge < -0.3 is 19.4 Å².